The van der Waals surface area contributed by atoms with Crippen molar-refractivity contribution in [1.82, 2.24) is 4.90 Å². The summed E-state index contributed by atoms with van der Waals surface area (Å²) in [5.74, 6) is 2.11. The predicted molar refractivity (Wildman–Crippen MR) is 69.9 cm³/mol. The lowest BCUT2D eigenvalue weighted by atomic mass is 10.1. The summed E-state index contributed by atoms with van der Waals surface area (Å²) in [5.41, 5.74) is 7.16. The van der Waals surface area contributed by atoms with Crippen LogP contribution in [0.25, 0.3) is 0 Å². The Morgan fingerprint density at radius 1 is 1.42 bits per heavy atom. The number of rotatable bonds is 3. The van der Waals surface area contributed by atoms with Gasteiger partial charge in [0.25, 0.3) is 0 Å². The molecule has 2 heterocycles. The Bertz CT molecular complexity index is 503. The molecule has 5 heteroatoms. The molecule has 0 radical (unpaired) electrons. The smallest absolute Gasteiger partial charge is 0.231 e. The highest BCUT2D eigenvalue weighted by atomic mass is 16.7. The number of carbonyl (C=O) groups is 1. The van der Waals surface area contributed by atoms with E-state index in [1.54, 1.807) is 0 Å². The zero-order chi connectivity index (χ0) is 13.4. The molecule has 1 aromatic rings. The molecule has 0 bridgehead atoms. The Morgan fingerprint density at radius 3 is 2.95 bits per heavy atom. The molecule has 19 heavy (non-hydrogen) atoms. The topological polar surface area (TPSA) is 64.8 Å². The van der Waals surface area contributed by atoms with Crippen LogP contribution < -0.4 is 15.2 Å². The van der Waals surface area contributed by atoms with Crippen LogP contribution in [0.1, 0.15) is 24.9 Å². The Morgan fingerprint density at radius 2 is 2.21 bits per heavy atom. The molecule has 3 rings (SSSR count). The second-order valence-electron chi connectivity index (χ2n) is 5.33. The number of benzene rings is 1. The van der Waals surface area contributed by atoms with Gasteiger partial charge in [-0.3, -0.25) is 4.79 Å². The van der Waals surface area contributed by atoms with Gasteiger partial charge in [-0.15, -0.1) is 0 Å². The van der Waals surface area contributed by atoms with Crippen LogP contribution in [0.3, 0.4) is 0 Å². The fraction of sp³-hybridized carbons (Fsp3) is 0.500. The van der Waals surface area contributed by atoms with Gasteiger partial charge < -0.3 is 20.1 Å². The quantitative estimate of drug-likeness (QED) is 0.891. The minimum Gasteiger partial charge on any atom is -0.454 e. The van der Waals surface area contributed by atoms with Gasteiger partial charge >= 0.3 is 0 Å². The fourth-order valence-corrected chi connectivity index (χ4v) is 2.63. The van der Waals surface area contributed by atoms with Crippen molar-refractivity contribution in [3.63, 3.8) is 0 Å². The van der Waals surface area contributed by atoms with Gasteiger partial charge in [-0.2, -0.15) is 0 Å². The molecule has 0 aliphatic carbocycles. The molecule has 102 valence electrons. The molecule has 0 spiro atoms. The van der Waals surface area contributed by atoms with E-state index in [1.165, 1.54) is 0 Å². The van der Waals surface area contributed by atoms with Crippen LogP contribution in [0, 0.1) is 5.92 Å². The van der Waals surface area contributed by atoms with E-state index in [-0.39, 0.29) is 18.7 Å². The minimum absolute atomic E-state index is 0.191. The lowest BCUT2D eigenvalue weighted by Crippen LogP contribution is -2.33. The van der Waals surface area contributed by atoms with E-state index in [0.29, 0.717) is 18.9 Å². The van der Waals surface area contributed by atoms with Gasteiger partial charge in [-0.25, -0.2) is 0 Å². The molecule has 1 fully saturated rings. The maximum Gasteiger partial charge on any atom is 0.231 e. The molecular weight excluding hydrogens is 244 g/mol. The van der Waals surface area contributed by atoms with Crippen molar-refractivity contribution < 1.29 is 14.3 Å². The largest absolute Gasteiger partial charge is 0.454 e. The average Bonchev–Trinajstić information content (AvgIpc) is 2.95. The van der Waals surface area contributed by atoms with Gasteiger partial charge in [0, 0.05) is 25.6 Å². The maximum absolute atomic E-state index is 11.8. The second-order valence-corrected chi connectivity index (χ2v) is 5.33. The third kappa shape index (κ3) is 2.38. The summed E-state index contributed by atoms with van der Waals surface area (Å²) in [4.78, 5) is 13.6. The third-order valence-electron chi connectivity index (χ3n) is 3.65. The monoisotopic (exact) mass is 262 g/mol. The van der Waals surface area contributed by atoms with Crippen molar-refractivity contribution in [2.24, 2.45) is 11.7 Å². The van der Waals surface area contributed by atoms with Crippen molar-refractivity contribution in [1.29, 1.82) is 0 Å². The van der Waals surface area contributed by atoms with Gasteiger partial charge in [-0.1, -0.05) is 13.0 Å². The highest BCUT2D eigenvalue weighted by Gasteiger charge is 2.28. The van der Waals surface area contributed by atoms with Crippen LogP contribution in [0.2, 0.25) is 0 Å². The van der Waals surface area contributed by atoms with Gasteiger partial charge in [-0.05, 0) is 23.6 Å². The lowest BCUT2D eigenvalue weighted by molar-refractivity contribution is -0.127. The van der Waals surface area contributed by atoms with Crippen LogP contribution in [-0.4, -0.2) is 30.7 Å². The van der Waals surface area contributed by atoms with Crippen LogP contribution in [0.15, 0.2) is 18.2 Å². The van der Waals surface area contributed by atoms with Crippen molar-refractivity contribution in [3.8, 4) is 11.5 Å². The van der Waals surface area contributed by atoms with E-state index in [9.17, 15) is 4.79 Å². The van der Waals surface area contributed by atoms with Crippen LogP contribution in [0.4, 0.5) is 0 Å². The number of hydrogen-bond donors (Lipinski definition) is 1. The number of fused-ring (bicyclic) bond motifs is 1. The summed E-state index contributed by atoms with van der Waals surface area (Å²) in [6.45, 7) is 3.71. The summed E-state index contributed by atoms with van der Waals surface area (Å²) in [5, 5.41) is 0. The highest BCUT2D eigenvalue weighted by molar-refractivity contribution is 5.78. The van der Waals surface area contributed by atoms with Gasteiger partial charge in [0.05, 0.1) is 0 Å². The van der Waals surface area contributed by atoms with Gasteiger partial charge in [0.1, 0.15) is 0 Å². The molecule has 1 saturated heterocycles. The predicted octanol–water partition coefficient (Wildman–Crippen LogP) is 1.28. The van der Waals surface area contributed by atoms with E-state index in [2.05, 4.69) is 6.92 Å². The second kappa shape index (κ2) is 4.74. The first-order valence-electron chi connectivity index (χ1n) is 6.56. The number of nitrogens with two attached hydrogens (primary N) is 1. The highest BCUT2D eigenvalue weighted by Crippen LogP contribution is 2.34. The first-order chi connectivity index (χ1) is 9.13. The summed E-state index contributed by atoms with van der Waals surface area (Å²) >= 11 is 0. The van der Waals surface area contributed by atoms with Gasteiger partial charge in [0.15, 0.2) is 11.5 Å². The molecule has 2 unspecified atom stereocenters. The molecule has 0 saturated carbocycles. The van der Waals surface area contributed by atoms with E-state index in [0.717, 1.165) is 23.6 Å². The molecule has 2 aliphatic heterocycles. The van der Waals surface area contributed by atoms with Crippen LogP contribution in [0.5, 0.6) is 11.5 Å². The Hall–Kier alpha value is -1.75. The SMILES string of the molecule is CC1CC(=O)N(CC(N)c2ccc3c(c2)OCO3)C1. The molecular formula is C14H18N2O3. The summed E-state index contributed by atoms with van der Waals surface area (Å²) < 4.78 is 10.6. The number of ether oxygens (including phenoxy) is 2. The number of likely N-dealkylation sites (tertiary alicyclic amines) is 1. The number of amides is 1. The molecule has 2 aliphatic rings. The Kier molecular flexibility index (Phi) is 3.06. The van der Waals surface area contributed by atoms with Gasteiger partial charge in [0.2, 0.25) is 12.7 Å². The molecule has 5 nitrogen and oxygen atoms in total. The van der Waals surface area contributed by atoms with E-state index in [1.807, 2.05) is 23.1 Å². The number of hydrogen-bond acceptors (Lipinski definition) is 4. The first kappa shape index (κ1) is 12.3. The lowest BCUT2D eigenvalue weighted by Gasteiger charge is -2.21. The maximum atomic E-state index is 11.8. The summed E-state index contributed by atoms with van der Waals surface area (Å²) in [6, 6.07) is 5.51. The summed E-state index contributed by atoms with van der Waals surface area (Å²) in [6.07, 6.45) is 0.633. The number of carbonyl (C=O) groups excluding carboxylic acids is 1. The molecule has 0 aromatic heterocycles. The third-order valence-corrected chi connectivity index (χ3v) is 3.65. The molecule has 2 N–H and O–H groups in total. The zero-order valence-electron chi connectivity index (χ0n) is 11.0. The Balaban J connectivity index is 1.70. The fourth-order valence-electron chi connectivity index (χ4n) is 2.63. The zero-order valence-corrected chi connectivity index (χ0v) is 11.0. The van der Waals surface area contributed by atoms with Crippen LogP contribution >= 0.6 is 0 Å². The standard InChI is InChI=1S/C14H18N2O3/c1-9-4-14(17)16(6-9)7-11(15)10-2-3-12-13(5-10)19-8-18-12/h2-3,5,9,11H,4,6-8,15H2,1H3. The Labute approximate surface area is 112 Å². The van der Waals surface area contributed by atoms with Crippen LogP contribution in [-0.2, 0) is 4.79 Å². The normalized spacial score (nSPS) is 22.9. The summed E-state index contributed by atoms with van der Waals surface area (Å²) in [7, 11) is 0. The van der Waals surface area contributed by atoms with E-state index >= 15 is 0 Å². The van der Waals surface area contributed by atoms with Crippen molar-refractivity contribution in [2.45, 2.75) is 19.4 Å². The van der Waals surface area contributed by atoms with Crippen molar-refractivity contribution in [3.05, 3.63) is 23.8 Å². The first-order valence-corrected chi connectivity index (χ1v) is 6.56. The molecule has 2 atom stereocenters. The average molecular weight is 262 g/mol. The molecule has 1 aromatic carbocycles. The van der Waals surface area contributed by atoms with Crippen molar-refractivity contribution in [2.75, 3.05) is 19.9 Å². The van der Waals surface area contributed by atoms with Crippen molar-refractivity contribution >= 4 is 5.91 Å². The number of nitrogens with zero attached hydrogens (tertiary/aromatic N) is 1. The van der Waals surface area contributed by atoms with E-state index in [4.69, 9.17) is 15.2 Å². The molecule has 1 amide bonds. The van der Waals surface area contributed by atoms with E-state index < -0.39 is 0 Å². The minimum atomic E-state index is -0.191.